The molecule has 0 N–H and O–H groups in total. The summed E-state index contributed by atoms with van der Waals surface area (Å²) in [4.78, 5) is 17.9. The van der Waals surface area contributed by atoms with Gasteiger partial charge in [0.2, 0.25) is 5.88 Å². The van der Waals surface area contributed by atoms with Crippen molar-refractivity contribution in [2.24, 2.45) is 0 Å². The van der Waals surface area contributed by atoms with Crippen LogP contribution in [0.4, 0.5) is 0 Å². The Balaban J connectivity index is 2.98. The van der Waals surface area contributed by atoms with Gasteiger partial charge in [0, 0.05) is 0 Å². The first-order valence-corrected chi connectivity index (χ1v) is 4.19. The normalized spacial score (nSPS) is 8.67. The van der Waals surface area contributed by atoms with Crippen LogP contribution in [0.15, 0.2) is 6.20 Å². The Bertz CT molecular complexity index is 407. The van der Waals surface area contributed by atoms with Crippen LogP contribution in [0, 0.1) is 11.8 Å². The molecule has 0 atom stereocenters. The minimum absolute atomic E-state index is 0.176. The van der Waals surface area contributed by atoms with Crippen LogP contribution in [-0.2, 0) is 4.79 Å². The first kappa shape index (κ1) is 11.0. The fourth-order valence-corrected chi connectivity index (χ4v) is 0.879. The molecular formula is C10H10N2O3. The largest absolute Gasteiger partial charge is 0.480 e. The van der Waals surface area contributed by atoms with Crippen LogP contribution in [0.5, 0.6) is 11.9 Å². The number of aldehydes is 1. The third-order valence-electron chi connectivity index (χ3n) is 1.52. The average molecular weight is 206 g/mol. The third-order valence-corrected chi connectivity index (χ3v) is 1.52. The van der Waals surface area contributed by atoms with Crippen LogP contribution in [0.3, 0.4) is 0 Å². The van der Waals surface area contributed by atoms with Crippen molar-refractivity contribution in [2.75, 3.05) is 14.2 Å². The van der Waals surface area contributed by atoms with E-state index < -0.39 is 0 Å². The summed E-state index contributed by atoms with van der Waals surface area (Å²) < 4.78 is 9.83. The molecule has 15 heavy (non-hydrogen) atoms. The number of nitrogens with zero attached hydrogens (tertiary/aromatic N) is 2. The van der Waals surface area contributed by atoms with Crippen molar-refractivity contribution in [3.8, 4) is 23.7 Å². The zero-order chi connectivity index (χ0) is 11.1. The smallest absolute Gasteiger partial charge is 0.319 e. The standard InChI is InChI=1S/C10H10N2O3/c1-14-9-8(5-3-4-6-13)7-11-10(12-9)15-2/h6-7H,4H2,1-2H3. The van der Waals surface area contributed by atoms with E-state index in [-0.39, 0.29) is 12.4 Å². The van der Waals surface area contributed by atoms with Crippen molar-refractivity contribution in [3.05, 3.63) is 11.8 Å². The van der Waals surface area contributed by atoms with E-state index in [0.717, 1.165) is 6.29 Å². The number of carbonyl (C=O) groups excluding carboxylic acids is 1. The van der Waals surface area contributed by atoms with Crippen molar-refractivity contribution in [3.63, 3.8) is 0 Å². The second-order valence-corrected chi connectivity index (χ2v) is 2.45. The minimum Gasteiger partial charge on any atom is -0.480 e. The molecule has 1 heterocycles. The van der Waals surface area contributed by atoms with Gasteiger partial charge in [0.05, 0.1) is 26.8 Å². The maximum absolute atomic E-state index is 10.1. The second kappa shape index (κ2) is 5.60. The third kappa shape index (κ3) is 2.95. The lowest BCUT2D eigenvalue weighted by Crippen LogP contribution is -1.97. The Labute approximate surface area is 87.4 Å². The molecule has 0 spiro atoms. The summed E-state index contributed by atoms with van der Waals surface area (Å²) >= 11 is 0. The molecular weight excluding hydrogens is 196 g/mol. The van der Waals surface area contributed by atoms with Crippen molar-refractivity contribution < 1.29 is 14.3 Å². The van der Waals surface area contributed by atoms with Crippen LogP contribution < -0.4 is 9.47 Å². The minimum atomic E-state index is 0.176. The molecule has 0 unspecified atom stereocenters. The van der Waals surface area contributed by atoms with E-state index in [1.54, 1.807) is 0 Å². The zero-order valence-electron chi connectivity index (χ0n) is 8.48. The molecule has 0 aliphatic heterocycles. The molecule has 0 amide bonds. The van der Waals surface area contributed by atoms with E-state index in [2.05, 4.69) is 21.8 Å². The number of hydrogen-bond donors (Lipinski definition) is 0. The second-order valence-electron chi connectivity index (χ2n) is 2.45. The van der Waals surface area contributed by atoms with Gasteiger partial charge in [-0.1, -0.05) is 11.8 Å². The molecule has 0 saturated carbocycles. The van der Waals surface area contributed by atoms with Crippen molar-refractivity contribution >= 4 is 6.29 Å². The Morgan fingerprint density at radius 2 is 2.27 bits per heavy atom. The number of methoxy groups -OCH3 is 2. The lowest BCUT2D eigenvalue weighted by atomic mass is 10.3. The summed E-state index contributed by atoms with van der Waals surface area (Å²) in [5.41, 5.74) is 0.528. The number of ether oxygens (including phenoxy) is 2. The van der Waals surface area contributed by atoms with Gasteiger partial charge in [-0.15, -0.1) is 0 Å². The van der Waals surface area contributed by atoms with Crippen LogP contribution in [-0.4, -0.2) is 30.5 Å². The van der Waals surface area contributed by atoms with Gasteiger partial charge in [-0.05, 0) is 0 Å². The fraction of sp³-hybridized carbons (Fsp3) is 0.300. The molecule has 5 nitrogen and oxygen atoms in total. The van der Waals surface area contributed by atoms with E-state index in [1.165, 1.54) is 20.4 Å². The highest BCUT2D eigenvalue weighted by Crippen LogP contribution is 2.15. The van der Waals surface area contributed by atoms with Gasteiger partial charge in [0.25, 0.3) is 0 Å². The van der Waals surface area contributed by atoms with E-state index in [9.17, 15) is 4.79 Å². The van der Waals surface area contributed by atoms with E-state index >= 15 is 0 Å². The lowest BCUT2D eigenvalue weighted by molar-refractivity contribution is -0.107. The van der Waals surface area contributed by atoms with Crippen LogP contribution >= 0.6 is 0 Å². The topological polar surface area (TPSA) is 61.3 Å². The summed E-state index contributed by atoms with van der Waals surface area (Å²) in [7, 11) is 2.94. The molecule has 5 heteroatoms. The summed E-state index contributed by atoms with van der Waals surface area (Å²) in [6.07, 6.45) is 2.39. The van der Waals surface area contributed by atoms with E-state index in [1.807, 2.05) is 0 Å². The molecule has 0 aliphatic carbocycles. The van der Waals surface area contributed by atoms with Crippen molar-refractivity contribution in [2.45, 2.75) is 6.42 Å². The highest BCUT2D eigenvalue weighted by molar-refractivity contribution is 5.55. The van der Waals surface area contributed by atoms with Crippen molar-refractivity contribution in [1.82, 2.24) is 9.97 Å². The predicted octanol–water partition coefficient (Wildman–Crippen LogP) is 0.434. The highest BCUT2D eigenvalue weighted by Gasteiger charge is 2.04. The average Bonchev–Trinajstić information content (AvgIpc) is 2.29. The fourth-order valence-electron chi connectivity index (χ4n) is 0.879. The lowest BCUT2D eigenvalue weighted by Gasteiger charge is -2.02. The van der Waals surface area contributed by atoms with E-state index in [4.69, 9.17) is 9.47 Å². The molecule has 1 aromatic rings. The highest BCUT2D eigenvalue weighted by atomic mass is 16.5. The van der Waals surface area contributed by atoms with Crippen LogP contribution in [0.25, 0.3) is 0 Å². The Morgan fingerprint density at radius 3 is 2.87 bits per heavy atom. The van der Waals surface area contributed by atoms with Crippen molar-refractivity contribution in [1.29, 1.82) is 0 Å². The van der Waals surface area contributed by atoms with Gasteiger partial charge >= 0.3 is 6.01 Å². The van der Waals surface area contributed by atoms with Gasteiger partial charge < -0.3 is 14.3 Å². The number of aromatic nitrogens is 2. The van der Waals surface area contributed by atoms with Gasteiger partial charge in [-0.3, -0.25) is 0 Å². The summed E-state index contributed by atoms with van der Waals surface area (Å²) in [5, 5.41) is 0. The maximum atomic E-state index is 10.1. The Morgan fingerprint density at radius 1 is 1.47 bits per heavy atom. The quantitative estimate of drug-likeness (QED) is 0.530. The van der Waals surface area contributed by atoms with Gasteiger partial charge in [0.1, 0.15) is 11.8 Å². The number of carbonyl (C=O) groups is 1. The molecule has 0 bridgehead atoms. The van der Waals surface area contributed by atoms with Crippen LogP contribution in [0.1, 0.15) is 12.0 Å². The molecule has 78 valence electrons. The monoisotopic (exact) mass is 206 g/mol. The van der Waals surface area contributed by atoms with Gasteiger partial charge in [0.15, 0.2) is 0 Å². The molecule has 1 aromatic heterocycles. The SMILES string of the molecule is COc1ncc(C#CCC=O)c(OC)n1. The molecule has 1 rings (SSSR count). The molecule has 0 aliphatic rings. The summed E-state index contributed by atoms with van der Waals surface area (Å²) in [6, 6.07) is 0.216. The molecule has 0 aromatic carbocycles. The zero-order valence-corrected chi connectivity index (χ0v) is 8.48. The molecule has 0 saturated heterocycles. The van der Waals surface area contributed by atoms with E-state index in [0.29, 0.717) is 11.4 Å². The number of rotatable bonds is 3. The van der Waals surface area contributed by atoms with Gasteiger partial charge in [-0.2, -0.15) is 4.98 Å². The predicted molar refractivity (Wildman–Crippen MR) is 52.7 cm³/mol. The number of hydrogen-bond acceptors (Lipinski definition) is 5. The van der Waals surface area contributed by atoms with Gasteiger partial charge in [-0.25, -0.2) is 4.98 Å². The summed E-state index contributed by atoms with van der Waals surface area (Å²) in [6.45, 7) is 0. The Hall–Kier alpha value is -2.09. The molecule has 0 fully saturated rings. The Kier molecular flexibility index (Phi) is 4.10. The van der Waals surface area contributed by atoms with Crippen LogP contribution in [0.2, 0.25) is 0 Å². The summed E-state index contributed by atoms with van der Waals surface area (Å²) in [5.74, 6) is 5.71. The maximum Gasteiger partial charge on any atom is 0.319 e. The first-order valence-electron chi connectivity index (χ1n) is 4.19. The molecule has 0 radical (unpaired) electrons. The first-order chi connectivity index (χ1) is 7.31.